The highest BCUT2D eigenvalue weighted by Crippen LogP contribution is 2.29. The Bertz CT molecular complexity index is 800. The predicted octanol–water partition coefficient (Wildman–Crippen LogP) is 3.75. The van der Waals surface area contributed by atoms with Crippen molar-refractivity contribution < 1.29 is 18.8 Å². The molecule has 1 saturated carbocycles. The van der Waals surface area contributed by atoms with Crippen LogP contribution < -0.4 is 5.32 Å². The minimum Gasteiger partial charge on any atom is -0.452 e. The van der Waals surface area contributed by atoms with Crippen molar-refractivity contribution in [2.24, 2.45) is 11.8 Å². The topological polar surface area (TPSA) is 81.4 Å². The van der Waals surface area contributed by atoms with E-state index in [1.54, 1.807) is 6.92 Å². The van der Waals surface area contributed by atoms with E-state index in [0.717, 1.165) is 18.4 Å². The predicted molar refractivity (Wildman–Crippen MR) is 101 cm³/mol. The normalized spacial score (nSPS) is 22.3. The second kappa shape index (κ2) is 8.37. The van der Waals surface area contributed by atoms with Crippen LogP contribution in [-0.4, -0.2) is 29.7 Å². The van der Waals surface area contributed by atoms with Crippen molar-refractivity contribution in [3.63, 3.8) is 0 Å². The van der Waals surface area contributed by atoms with Crippen molar-refractivity contribution in [1.82, 2.24) is 10.5 Å². The molecule has 2 aromatic rings. The number of hydrogen-bond donors (Lipinski definition) is 1. The van der Waals surface area contributed by atoms with Gasteiger partial charge in [0.1, 0.15) is 17.0 Å². The molecule has 1 aromatic carbocycles. The lowest BCUT2D eigenvalue weighted by molar-refractivity contribution is -0.125. The Hall–Kier alpha value is -2.63. The molecule has 3 rings (SSSR count). The molecule has 0 spiro atoms. The first kappa shape index (κ1) is 19.1. The summed E-state index contributed by atoms with van der Waals surface area (Å²) in [4.78, 5) is 24.8. The number of benzene rings is 1. The molecule has 1 fully saturated rings. The summed E-state index contributed by atoms with van der Waals surface area (Å²) in [6, 6.07) is 9.41. The Balaban J connectivity index is 1.61. The fraction of sp³-hybridized carbons (Fsp3) is 0.476. The monoisotopic (exact) mass is 370 g/mol. The van der Waals surface area contributed by atoms with E-state index < -0.39 is 5.97 Å². The van der Waals surface area contributed by atoms with Crippen LogP contribution >= 0.6 is 0 Å². The quantitative estimate of drug-likeness (QED) is 0.811. The van der Waals surface area contributed by atoms with Gasteiger partial charge in [0.25, 0.3) is 5.91 Å². The highest BCUT2D eigenvalue weighted by Gasteiger charge is 2.29. The molecule has 144 valence electrons. The molecule has 1 aliphatic carbocycles. The van der Waals surface area contributed by atoms with E-state index in [1.807, 2.05) is 30.3 Å². The molecule has 27 heavy (non-hydrogen) atoms. The van der Waals surface area contributed by atoms with Crippen molar-refractivity contribution in [2.75, 3.05) is 6.61 Å². The van der Waals surface area contributed by atoms with Crippen molar-refractivity contribution in [1.29, 1.82) is 0 Å². The molecule has 1 heterocycles. The van der Waals surface area contributed by atoms with E-state index in [9.17, 15) is 9.59 Å². The van der Waals surface area contributed by atoms with Gasteiger partial charge in [0, 0.05) is 11.6 Å². The van der Waals surface area contributed by atoms with E-state index in [-0.39, 0.29) is 24.1 Å². The minimum absolute atomic E-state index is 0.136. The number of aryl methyl sites for hydroxylation is 1. The van der Waals surface area contributed by atoms with Crippen LogP contribution in [0.5, 0.6) is 0 Å². The van der Waals surface area contributed by atoms with E-state index in [1.165, 1.54) is 6.42 Å². The minimum atomic E-state index is -0.604. The molecule has 0 aliphatic heterocycles. The number of esters is 1. The lowest BCUT2D eigenvalue weighted by atomic mass is 9.78. The van der Waals surface area contributed by atoms with Crippen molar-refractivity contribution in [3.05, 3.63) is 41.7 Å². The number of nitrogens with one attached hydrogen (secondary N) is 1. The van der Waals surface area contributed by atoms with Gasteiger partial charge in [-0.05, 0) is 25.2 Å². The van der Waals surface area contributed by atoms with Gasteiger partial charge >= 0.3 is 5.97 Å². The molecule has 0 bridgehead atoms. The number of hydrogen-bond acceptors (Lipinski definition) is 5. The second-order valence-corrected chi connectivity index (χ2v) is 7.35. The molecular formula is C21H26N2O4. The first-order valence-corrected chi connectivity index (χ1v) is 9.45. The third kappa shape index (κ3) is 4.38. The van der Waals surface area contributed by atoms with Crippen LogP contribution in [0.25, 0.3) is 11.3 Å². The third-order valence-electron chi connectivity index (χ3n) is 5.50. The first-order valence-electron chi connectivity index (χ1n) is 9.45. The van der Waals surface area contributed by atoms with E-state index in [2.05, 4.69) is 24.3 Å². The maximum atomic E-state index is 12.5. The van der Waals surface area contributed by atoms with Gasteiger partial charge in [-0.25, -0.2) is 4.79 Å². The van der Waals surface area contributed by atoms with Gasteiger partial charge in [0.2, 0.25) is 0 Å². The summed E-state index contributed by atoms with van der Waals surface area (Å²) in [6.45, 7) is 5.71. The highest BCUT2D eigenvalue weighted by molar-refractivity contribution is 5.98. The van der Waals surface area contributed by atoms with E-state index in [4.69, 9.17) is 9.26 Å². The van der Waals surface area contributed by atoms with Crippen molar-refractivity contribution >= 4 is 11.9 Å². The van der Waals surface area contributed by atoms with Gasteiger partial charge in [-0.2, -0.15) is 0 Å². The standard InChI is InChI=1S/C21H26N2O4/c1-13-8-7-11-17(14(13)2)22-18(24)12-26-21(25)19-15(3)27-23-20(19)16-9-5-4-6-10-16/h4-6,9-10,13-14,17H,7-8,11-12H2,1-3H3,(H,22,24)/t13-,14+,17-/m1/s1. The Kier molecular flexibility index (Phi) is 5.94. The van der Waals surface area contributed by atoms with Crippen LogP contribution in [0.15, 0.2) is 34.9 Å². The molecule has 1 aliphatic rings. The maximum Gasteiger partial charge on any atom is 0.344 e. The van der Waals surface area contributed by atoms with Gasteiger partial charge in [0.15, 0.2) is 6.61 Å². The van der Waals surface area contributed by atoms with Gasteiger partial charge in [0.05, 0.1) is 0 Å². The second-order valence-electron chi connectivity index (χ2n) is 7.35. The van der Waals surface area contributed by atoms with E-state index >= 15 is 0 Å². The third-order valence-corrected chi connectivity index (χ3v) is 5.50. The van der Waals surface area contributed by atoms with Crippen LogP contribution in [-0.2, 0) is 9.53 Å². The number of carbonyl (C=O) groups is 2. The Morgan fingerprint density at radius 1 is 1.22 bits per heavy atom. The zero-order valence-corrected chi connectivity index (χ0v) is 16.0. The SMILES string of the molecule is Cc1onc(-c2ccccc2)c1C(=O)OCC(=O)N[C@@H]1CCC[C@@H](C)[C@@H]1C. The molecule has 3 atom stereocenters. The van der Waals surface area contributed by atoms with Crippen molar-refractivity contribution in [2.45, 2.75) is 46.1 Å². The highest BCUT2D eigenvalue weighted by atomic mass is 16.5. The number of aromatic nitrogens is 1. The Labute approximate surface area is 159 Å². The molecule has 6 nitrogen and oxygen atoms in total. The molecule has 0 unspecified atom stereocenters. The molecule has 1 amide bonds. The summed E-state index contributed by atoms with van der Waals surface area (Å²) in [5, 5.41) is 6.98. The lowest BCUT2D eigenvalue weighted by Crippen LogP contribution is -2.45. The summed E-state index contributed by atoms with van der Waals surface area (Å²) >= 11 is 0. The van der Waals surface area contributed by atoms with Crippen LogP contribution in [0.2, 0.25) is 0 Å². The number of amides is 1. The average molecular weight is 370 g/mol. The van der Waals surface area contributed by atoms with Gasteiger partial charge in [-0.15, -0.1) is 0 Å². The smallest absolute Gasteiger partial charge is 0.344 e. The lowest BCUT2D eigenvalue weighted by Gasteiger charge is -2.34. The number of carbonyl (C=O) groups excluding carboxylic acids is 2. The molecule has 0 radical (unpaired) electrons. The molecular weight excluding hydrogens is 344 g/mol. The number of nitrogens with zero attached hydrogens (tertiary/aromatic N) is 1. The van der Waals surface area contributed by atoms with Gasteiger partial charge in [-0.1, -0.05) is 62.2 Å². The molecule has 6 heteroatoms. The number of ether oxygens (including phenoxy) is 1. The summed E-state index contributed by atoms with van der Waals surface area (Å²) in [5.74, 6) is 0.495. The maximum absolute atomic E-state index is 12.5. The molecule has 1 N–H and O–H groups in total. The largest absolute Gasteiger partial charge is 0.452 e. The Morgan fingerprint density at radius 2 is 1.96 bits per heavy atom. The zero-order chi connectivity index (χ0) is 19.4. The summed E-state index contributed by atoms with van der Waals surface area (Å²) in [6.07, 6.45) is 3.27. The summed E-state index contributed by atoms with van der Waals surface area (Å²) < 4.78 is 10.4. The number of rotatable bonds is 5. The zero-order valence-electron chi connectivity index (χ0n) is 16.0. The fourth-order valence-electron chi connectivity index (χ4n) is 3.64. The fourth-order valence-corrected chi connectivity index (χ4v) is 3.64. The van der Waals surface area contributed by atoms with Gasteiger partial charge < -0.3 is 14.6 Å². The average Bonchev–Trinajstić information content (AvgIpc) is 3.06. The van der Waals surface area contributed by atoms with Crippen LogP contribution in [0.1, 0.15) is 49.2 Å². The van der Waals surface area contributed by atoms with Crippen LogP contribution in [0.3, 0.4) is 0 Å². The summed E-state index contributed by atoms with van der Waals surface area (Å²) in [7, 11) is 0. The molecule has 1 aromatic heterocycles. The van der Waals surface area contributed by atoms with Crippen LogP contribution in [0, 0.1) is 18.8 Å². The van der Waals surface area contributed by atoms with Crippen molar-refractivity contribution in [3.8, 4) is 11.3 Å². The van der Waals surface area contributed by atoms with Gasteiger partial charge in [-0.3, -0.25) is 4.79 Å². The Morgan fingerprint density at radius 3 is 2.70 bits per heavy atom. The molecule has 0 saturated heterocycles. The summed E-state index contributed by atoms with van der Waals surface area (Å²) in [5.41, 5.74) is 1.44. The first-order chi connectivity index (χ1) is 13.0. The van der Waals surface area contributed by atoms with E-state index in [0.29, 0.717) is 23.3 Å². The van der Waals surface area contributed by atoms with Crippen LogP contribution in [0.4, 0.5) is 0 Å².